The van der Waals surface area contributed by atoms with Gasteiger partial charge >= 0.3 is 0 Å². The van der Waals surface area contributed by atoms with Crippen molar-refractivity contribution < 1.29 is 0 Å². The molecule has 0 heterocycles. The van der Waals surface area contributed by atoms with E-state index in [-0.39, 0.29) is 0 Å². The van der Waals surface area contributed by atoms with Crippen LogP contribution < -0.4 is 0 Å². The zero-order valence-electron chi connectivity index (χ0n) is 7.53. The van der Waals surface area contributed by atoms with Gasteiger partial charge in [-0.1, -0.05) is 59.6 Å². The van der Waals surface area contributed by atoms with Crippen LogP contribution in [-0.4, -0.2) is 0 Å². The molecule has 0 unspecified atom stereocenters. The molecule has 0 nitrogen and oxygen atoms in total. The Morgan fingerprint density at radius 3 is 0.929 bits per heavy atom. The lowest BCUT2D eigenvalue weighted by molar-refractivity contribution is 1.71. The topological polar surface area (TPSA) is 0 Å². The maximum Gasteiger partial charge on any atom is 0.0405 e. The van der Waals surface area contributed by atoms with Gasteiger partial charge in [-0.15, -0.1) is 0 Å². The van der Waals surface area contributed by atoms with E-state index < -0.39 is 0 Å². The maximum absolute atomic E-state index is 5.54. The van der Waals surface area contributed by atoms with Crippen LogP contribution in [0.1, 0.15) is 0 Å². The van der Waals surface area contributed by atoms with Crippen LogP contribution in [0, 0.1) is 0 Å². The van der Waals surface area contributed by atoms with Crippen molar-refractivity contribution in [3.8, 4) is 0 Å². The van der Waals surface area contributed by atoms with Crippen LogP contribution in [0.4, 0.5) is 0 Å². The summed E-state index contributed by atoms with van der Waals surface area (Å²) in [5, 5.41) is 1.59. The van der Waals surface area contributed by atoms with Crippen molar-refractivity contribution in [3.05, 3.63) is 70.7 Å². The van der Waals surface area contributed by atoms with E-state index in [1.165, 1.54) is 0 Å². The van der Waals surface area contributed by atoms with Crippen LogP contribution >= 0.6 is 23.2 Å². The highest BCUT2D eigenvalue weighted by Gasteiger charge is 1.75. The minimum absolute atomic E-state index is 0.794. The number of hydrogen-bond acceptors (Lipinski definition) is 0. The van der Waals surface area contributed by atoms with Crippen LogP contribution in [0.15, 0.2) is 60.7 Å². The summed E-state index contributed by atoms with van der Waals surface area (Å²) < 4.78 is 0. The first kappa shape index (κ1) is 11.1. The number of rotatable bonds is 0. The van der Waals surface area contributed by atoms with Crippen molar-refractivity contribution in [2.75, 3.05) is 0 Å². The van der Waals surface area contributed by atoms with Gasteiger partial charge in [0.2, 0.25) is 0 Å². The smallest absolute Gasteiger partial charge is 0.0405 e. The molecular formula is C12H10Cl2. The summed E-state index contributed by atoms with van der Waals surface area (Å²) in [6, 6.07) is 18.9. The standard InChI is InChI=1S/2C6H5Cl/c2*7-6-4-2-1-3-5-6/h2*1-5H. The third-order valence-electron chi connectivity index (χ3n) is 1.47. The molecule has 0 N–H and O–H groups in total. The molecule has 0 aliphatic rings. The van der Waals surface area contributed by atoms with Gasteiger partial charge in [0.25, 0.3) is 0 Å². The van der Waals surface area contributed by atoms with Crippen molar-refractivity contribution in [3.63, 3.8) is 0 Å². The van der Waals surface area contributed by atoms with Gasteiger partial charge in [-0.25, -0.2) is 0 Å². The fraction of sp³-hybridized carbons (Fsp3) is 0. The Morgan fingerprint density at radius 1 is 0.500 bits per heavy atom. The molecule has 0 saturated carbocycles. The van der Waals surface area contributed by atoms with Gasteiger partial charge in [-0.3, -0.25) is 0 Å². The molecule has 0 amide bonds. The maximum atomic E-state index is 5.54. The Labute approximate surface area is 94.1 Å². The van der Waals surface area contributed by atoms with E-state index in [1.54, 1.807) is 0 Å². The monoisotopic (exact) mass is 224 g/mol. The van der Waals surface area contributed by atoms with Crippen LogP contribution in [0.5, 0.6) is 0 Å². The summed E-state index contributed by atoms with van der Waals surface area (Å²) in [6.45, 7) is 0. The fourth-order valence-electron chi connectivity index (χ4n) is 0.829. The molecule has 0 saturated heterocycles. The van der Waals surface area contributed by atoms with E-state index in [1.807, 2.05) is 60.7 Å². The molecular weight excluding hydrogens is 215 g/mol. The van der Waals surface area contributed by atoms with Gasteiger partial charge in [0.05, 0.1) is 0 Å². The minimum Gasteiger partial charge on any atom is -0.0843 e. The first-order valence-electron chi connectivity index (χ1n) is 4.20. The highest BCUT2D eigenvalue weighted by atomic mass is 35.5. The fourth-order valence-corrected chi connectivity index (χ4v) is 1.12. The van der Waals surface area contributed by atoms with Crippen molar-refractivity contribution in [1.29, 1.82) is 0 Å². The van der Waals surface area contributed by atoms with Crippen molar-refractivity contribution in [2.45, 2.75) is 0 Å². The number of hydrogen-bond donors (Lipinski definition) is 0. The molecule has 0 aromatic heterocycles. The second-order valence-electron chi connectivity index (χ2n) is 2.59. The lowest BCUT2D eigenvalue weighted by Gasteiger charge is -1.80. The second kappa shape index (κ2) is 6.47. The molecule has 0 radical (unpaired) electrons. The van der Waals surface area contributed by atoms with Gasteiger partial charge in [-0.05, 0) is 24.3 Å². The van der Waals surface area contributed by atoms with E-state index >= 15 is 0 Å². The Kier molecular flexibility index (Phi) is 5.13. The minimum atomic E-state index is 0.794. The average Bonchev–Trinajstić information content (AvgIpc) is 2.21. The zero-order valence-corrected chi connectivity index (χ0v) is 9.04. The molecule has 2 aromatic carbocycles. The highest BCUT2D eigenvalue weighted by Crippen LogP contribution is 2.04. The molecule has 0 aliphatic heterocycles. The van der Waals surface area contributed by atoms with Crippen molar-refractivity contribution >= 4 is 23.2 Å². The Hall–Kier alpha value is -0.980. The Balaban J connectivity index is 0.000000140. The summed E-state index contributed by atoms with van der Waals surface area (Å²) in [6.07, 6.45) is 0. The largest absolute Gasteiger partial charge is 0.0843 e. The Bertz CT molecular complexity index is 306. The van der Waals surface area contributed by atoms with Crippen LogP contribution in [-0.2, 0) is 0 Å². The molecule has 0 aliphatic carbocycles. The third-order valence-corrected chi connectivity index (χ3v) is 1.97. The van der Waals surface area contributed by atoms with E-state index in [0.717, 1.165) is 10.0 Å². The van der Waals surface area contributed by atoms with E-state index in [0.29, 0.717) is 0 Å². The molecule has 2 rings (SSSR count). The van der Waals surface area contributed by atoms with E-state index in [9.17, 15) is 0 Å². The SMILES string of the molecule is Clc1ccccc1.Clc1ccccc1. The van der Waals surface area contributed by atoms with Gasteiger partial charge in [-0.2, -0.15) is 0 Å². The lowest BCUT2D eigenvalue weighted by Crippen LogP contribution is -1.55. The molecule has 0 atom stereocenters. The molecule has 72 valence electrons. The van der Waals surface area contributed by atoms with Crippen molar-refractivity contribution in [2.24, 2.45) is 0 Å². The first-order chi connectivity index (χ1) is 6.79. The third kappa shape index (κ3) is 4.90. The zero-order chi connectivity index (χ0) is 10.2. The predicted molar refractivity (Wildman–Crippen MR) is 62.9 cm³/mol. The normalized spacial score (nSPS) is 8.71. The summed E-state index contributed by atoms with van der Waals surface area (Å²) in [5.74, 6) is 0. The van der Waals surface area contributed by atoms with Gasteiger partial charge < -0.3 is 0 Å². The summed E-state index contributed by atoms with van der Waals surface area (Å²) in [5.41, 5.74) is 0. The molecule has 0 fully saturated rings. The van der Waals surface area contributed by atoms with Gasteiger partial charge in [0.1, 0.15) is 0 Å². The molecule has 14 heavy (non-hydrogen) atoms. The predicted octanol–water partition coefficient (Wildman–Crippen LogP) is 4.68. The summed E-state index contributed by atoms with van der Waals surface area (Å²) >= 11 is 11.1. The number of halogens is 2. The number of benzene rings is 2. The quantitative estimate of drug-likeness (QED) is 0.610. The van der Waals surface area contributed by atoms with Crippen LogP contribution in [0.3, 0.4) is 0 Å². The van der Waals surface area contributed by atoms with Gasteiger partial charge in [0.15, 0.2) is 0 Å². The molecule has 2 heteroatoms. The summed E-state index contributed by atoms with van der Waals surface area (Å²) in [4.78, 5) is 0. The summed E-state index contributed by atoms with van der Waals surface area (Å²) in [7, 11) is 0. The highest BCUT2D eigenvalue weighted by molar-refractivity contribution is 6.30. The molecule has 0 bridgehead atoms. The van der Waals surface area contributed by atoms with E-state index in [4.69, 9.17) is 23.2 Å². The Morgan fingerprint density at radius 2 is 0.786 bits per heavy atom. The first-order valence-corrected chi connectivity index (χ1v) is 4.96. The van der Waals surface area contributed by atoms with Gasteiger partial charge in [0, 0.05) is 10.0 Å². The molecule has 2 aromatic rings. The van der Waals surface area contributed by atoms with Crippen molar-refractivity contribution in [1.82, 2.24) is 0 Å². The second-order valence-corrected chi connectivity index (χ2v) is 3.46. The van der Waals surface area contributed by atoms with Crippen LogP contribution in [0.2, 0.25) is 10.0 Å². The lowest BCUT2D eigenvalue weighted by atomic mass is 10.4. The van der Waals surface area contributed by atoms with Crippen LogP contribution in [0.25, 0.3) is 0 Å². The molecule has 0 spiro atoms. The average molecular weight is 225 g/mol. The van der Waals surface area contributed by atoms with E-state index in [2.05, 4.69) is 0 Å².